The van der Waals surface area contributed by atoms with E-state index in [1.807, 2.05) is 25.4 Å². The maximum absolute atomic E-state index is 6.81. The molecule has 3 aromatic rings. The zero-order chi connectivity index (χ0) is 20.5. The second-order valence-electron chi connectivity index (χ2n) is 8.69. The average Bonchev–Trinajstić information content (AvgIpc) is 3.01. The highest BCUT2D eigenvalue weighted by molar-refractivity contribution is 8.01. The van der Waals surface area contributed by atoms with E-state index in [4.69, 9.17) is 9.41 Å². The minimum atomic E-state index is -1.99. The van der Waals surface area contributed by atoms with Gasteiger partial charge < -0.3 is 4.43 Å². The summed E-state index contributed by atoms with van der Waals surface area (Å²) < 4.78 is 9.08. The van der Waals surface area contributed by atoms with Gasteiger partial charge >= 0.3 is 0 Å². The number of nitrogens with zero attached hydrogens (tertiary/aromatic N) is 3. The Morgan fingerprint density at radius 3 is 2.36 bits per heavy atom. The molecule has 0 fully saturated rings. The summed E-state index contributed by atoms with van der Waals surface area (Å²) in [6, 6.07) is 8.27. The van der Waals surface area contributed by atoms with Crippen molar-refractivity contribution in [3.63, 3.8) is 0 Å². The molecule has 0 spiro atoms. The molecule has 3 rings (SSSR count). The Labute approximate surface area is 177 Å². The van der Waals surface area contributed by atoms with Gasteiger partial charge in [-0.3, -0.25) is 0 Å². The number of fused-ring (bicyclic) bond motifs is 1. The van der Waals surface area contributed by atoms with Crippen LogP contribution < -0.4 is 0 Å². The number of rotatable bonds is 6. The Bertz CT molecular complexity index is 902. The van der Waals surface area contributed by atoms with Crippen molar-refractivity contribution in [1.29, 1.82) is 0 Å². The summed E-state index contributed by atoms with van der Waals surface area (Å²) >= 11 is 3.48. The number of para-hydroxylation sites is 1. The van der Waals surface area contributed by atoms with Gasteiger partial charge in [0.1, 0.15) is 6.10 Å². The Kier molecular flexibility index (Phi) is 6.29. The van der Waals surface area contributed by atoms with Crippen molar-refractivity contribution in [3.05, 3.63) is 48.0 Å². The van der Waals surface area contributed by atoms with Gasteiger partial charge in [0.15, 0.2) is 18.5 Å². The van der Waals surface area contributed by atoms with Crippen LogP contribution >= 0.6 is 23.1 Å². The van der Waals surface area contributed by atoms with E-state index < -0.39 is 8.32 Å². The molecule has 0 aliphatic heterocycles. The molecular formula is C21H29N3OS2Si. The molecule has 0 amide bonds. The normalized spacial score (nSPS) is 15.0. The Morgan fingerprint density at radius 2 is 1.75 bits per heavy atom. The van der Waals surface area contributed by atoms with Crippen LogP contribution in [0, 0.1) is 6.92 Å². The van der Waals surface area contributed by atoms with Crippen LogP contribution in [0.1, 0.15) is 45.2 Å². The third-order valence-corrected chi connectivity index (χ3v) is 12.0. The maximum atomic E-state index is 6.81. The van der Waals surface area contributed by atoms with Crippen molar-refractivity contribution in [1.82, 2.24) is 15.0 Å². The fourth-order valence-electron chi connectivity index (χ4n) is 2.52. The number of hydrogen-bond acceptors (Lipinski definition) is 6. The quantitative estimate of drug-likeness (QED) is 0.323. The highest BCUT2D eigenvalue weighted by atomic mass is 32.2. The van der Waals surface area contributed by atoms with Crippen LogP contribution in [0.5, 0.6) is 0 Å². The van der Waals surface area contributed by atoms with Crippen LogP contribution in [0.4, 0.5) is 0 Å². The molecule has 0 aliphatic carbocycles. The van der Waals surface area contributed by atoms with E-state index >= 15 is 0 Å². The number of aromatic nitrogens is 3. The molecule has 4 nitrogen and oxygen atoms in total. The van der Waals surface area contributed by atoms with E-state index in [-0.39, 0.29) is 16.4 Å². The van der Waals surface area contributed by atoms with E-state index in [2.05, 4.69) is 69.0 Å². The molecule has 0 saturated heterocycles. The van der Waals surface area contributed by atoms with Gasteiger partial charge in [-0.05, 0) is 49.7 Å². The van der Waals surface area contributed by atoms with Gasteiger partial charge in [-0.2, -0.15) is 0 Å². The molecule has 150 valence electrons. The lowest BCUT2D eigenvalue weighted by atomic mass is 10.2. The van der Waals surface area contributed by atoms with Crippen LogP contribution in [0.2, 0.25) is 18.1 Å². The molecule has 2 heterocycles. The van der Waals surface area contributed by atoms with Crippen molar-refractivity contribution in [2.75, 3.05) is 0 Å². The summed E-state index contributed by atoms with van der Waals surface area (Å²) in [6.45, 7) is 15.5. The van der Waals surface area contributed by atoms with Gasteiger partial charge in [-0.25, -0.2) is 15.0 Å². The lowest BCUT2D eigenvalue weighted by molar-refractivity contribution is 0.175. The standard InChI is InChI=1S/C21H29N3OS2Si/c1-14-12-22-19(23-13-14)18(25-28(6,7)21(3,4)5)15(2)26-20-24-16-10-8-9-11-17(16)27-20/h8-13,15,18H,1-7H3. The second kappa shape index (κ2) is 8.22. The van der Waals surface area contributed by atoms with Crippen LogP contribution in [0.3, 0.4) is 0 Å². The van der Waals surface area contributed by atoms with E-state index in [0.717, 1.165) is 21.2 Å². The minimum Gasteiger partial charge on any atom is -0.406 e. The fraction of sp³-hybridized carbons (Fsp3) is 0.476. The first-order valence-corrected chi connectivity index (χ1v) is 14.2. The molecule has 2 aromatic heterocycles. The van der Waals surface area contributed by atoms with Gasteiger partial charge in [-0.1, -0.05) is 44.7 Å². The first-order valence-electron chi connectivity index (χ1n) is 9.55. The van der Waals surface area contributed by atoms with Crippen molar-refractivity contribution in [2.24, 2.45) is 0 Å². The summed E-state index contributed by atoms with van der Waals surface area (Å²) in [4.78, 5) is 14.0. The molecule has 2 atom stereocenters. The topological polar surface area (TPSA) is 47.9 Å². The molecular weight excluding hydrogens is 402 g/mol. The van der Waals surface area contributed by atoms with Crippen LogP contribution in [0.15, 0.2) is 41.0 Å². The Balaban J connectivity index is 1.89. The van der Waals surface area contributed by atoms with Crippen LogP contribution in [-0.4, -0.2) is 28.5 Å². The predicted molar refractivity (Wildman–Crippen MR) is 123 cm³/mol. The molecule has 1 aromatic carbocycles. The third kappa shape index (κ3) is 4.82. The second-order valence-corrected chi connectivity index (χ2v) is 16.1. The zero-order valence-electron chi connectivity index (χ0n) is 17.7. The summed E-state index contributed by atoms with van der Waals surface area (Å²) in [5.41, 5.74) is 2.11. The first kappa shape index (κ1) is 21.4. The summed E-state index contributed by atoms with van der Waals surface area (Å²) in [7, 11) is -1.99. The highest BCUT2D eigenvalue weighted by Crippen LogP contribution is 2.43. The summed E-state index contributed by atoms with van der Waals surface area (Å²) in [6.07, 6.45) is 3.58. The van der Waals surface area contributed by atoms with E-state index in [1.165, 1.54) is 4.70 Å². The number of benzene rings is 1. The molecule has 7 heteroatoms. The van der Waals surface area contributed by atoms with Gasteiger partial charge in [0.25, 0.3) is 0 Å². The molecule has 0 aliphatic rings. The van der Waals surface area contributed by atoms with E-state index in [0.29, 0.717) is 0 Å². The average molecular weight is 432 g/mol. The number of hydrogen-bond donors (Lipinski definition) is 0. The fourth-order valence-corrected chi connectivity index (χ4v) is 6.31. The number of thiazole rings is 1. The Hall–Kier alpha value is -1.28. The van der Waals surface area contributed by atoms with Crippen LogP contribution in [-0.2, 0) is 4.43 Å². The summed E-state index contributed by atoms with van der Waals surface area (Å²) in [5.74, 6) is 0.761. The van der Waals surface area contributed by atoms with Crippen molar-refractivity contribution >= 4 is 41.6 Å². The Morgan fingerprint density at radius 1 is 1.11 bits per heavy atom. The third-order valence-electron chi connectivity index (χ3n) is 5.27. The molecule has 2 unspecified atom stereocenters. The zero-order valence-corrected chi connectivity index (χ0v) is 20.3. The lowest BCUT2D eigenvalue weighted by Crippen LogP contribution is -2.43. The van der Waals surface area contributed by atoms with E-state index in [9.17, 15) is 0 Å². The number of aryl methyl sites for hydroxylation is 1. The smallest absolute Gasteiger partial charge is 0.193 e. The molecule has 0 radical (unpaired) electrons. The molecule has 28 heavy (non-hydrogen) atoms. The first-order chi connectivity index (χ1) is 13.1. The van der Waals surface area contributed by atoms with Crippen LogP contribution in [0.25, 0.3) is 10.2 Å². The van der Waals surface area contributed by atoms with Gasteiger partial charge in [0.2, 0.25) is 0 Å². The monoisotopic (exact) mass is 431 g/mol. The maximum Gasteiger partial charge on any atom is 0.193 e. The SMILES string of the molecule is Cc1cnc(C(O[Si](C)(C)C(C)(C)C)C(C)Sc2nc3ccccc3s2)nc1. The predicted octanol–water partition coefficient (Wildman–Crippen LogP) is 6.64. The summed E-state index contributed by atoms with van der Waals surface area (Å²) in [5, 5.41) is 0.272. The highest BCUT2D eigenvalue weighted by Gasteiger charge is 2.41. The van der Waals surface area contributed by atoms with Gasteiger partial charge in [0.05, 0.1) is 10.2 Å². The van der Waals surface area contributed by atoms with Gasteiger partial charge in [0, 0.05) is 17.6 Å². The van der Waals surface area contributed by atoms with E-state index in [1.54, 1.807) is 23.1 Å². The molecule has 0 N–H and O–H groups in total. The van der Waals surface area contributed by atoms with Gasteiger partial charge in [-0.15, -0.1) is 11.3 Å². The van der Waals surface area contributed by atoms with Crippen molar-refractivity contribution in [2.45, 2.75) is 68.4 Å². The minimum absolute atomic E-state index is 0.121. The molecule has 0 saturated carbocycles. The largest absolute Gasteiger partial charge is 0.406 e. The van der Waals surface area contributed by atoms with Crippen molar-refractivity contribution in [3.8, 4) is 0 Å². The number of thioether (sulfide) groups is 1. The van der Waals surface area contributed by atoms with Crippen molar-refractivity contribution < 1.29 is 4.43 Å². The molecule has 0 bridgehead atoms. The lowest BCUT2D eigenvalue weighted by Gasteiger charge is -2.40.